The predicted molar refractivity (Wildman–Crippen MR) is 192 cm³/mol. The van der Waals surface area contributed by atoms with Crippen molar-refractivity contribution >= 4 is 77.9 Å². The van der Waals surface area contributed by atoms with Crippen LogP contribution in [0.15, 0.2) is 130 Å². The number of para-hydroxylation sites is 1. The number of fused-ring (bicyclic) bond motifs is 2. The summed E-state index contributed by atoms with van der Waals surface area (Å²) in [6.45, 7) is 0.770. The summed E-state index contributed by atoms with van der Waals surface area (Å²) in [5.74, 6) is 0.501. The van der Waals surface area contributed by atoms with E-state index in [-0.39, 0.29) is 11.6 Å². The number of nitrogens with one attached hydrogen (secondary N) is 1. The average Bonchev–Trinajstić information content (AvgIpc) is 3.63. The summed E-state index contributed by atoms with van der Waals surface area (Å²) in [7, 11) is 0. The lowest BCUT2D eigenvalue weighted by molar-refractivity contribution is -0.384. The Morgan fingerprint density at radius 1 is 0.915 bits per heavy atom. The number of nitrogens with zero attached hydrogens (tertiary/aromatic N) is 3. The second-order valence-corrected chi connectivity index (χ2v) is 12.9. The van der Waals surface area contributed by atoms with Gasteiger partial charge in [-0.1, -0.05) is 76.6 Å². The molecule has 0 spiro atoms. The average molecular weight is 704 g/mol. The molecule has 1 fully saturated rings. The molecule has 1 aliphatic heterocycles. The van der Waals surface area contributed by atoms with Gasteiger partial charge in [0.1, 0.15) is 12.4 Å². The van der Waals surface area contributed by atoms with E-state index in [0.717, 1.165) is 42.8 Å². The fraction of sp³-hybridized carbons (Fsp3) is 0.0811. The number of benzene rings is 5. The number of nitro groups is 1. The molecule has 0 radical (unpaired) electrons. The number of H-pyrrole nitrogens is 1. The van der Waals surface area contributed by atoms with Gasteiger partial charge in [0.05, 0.1) is 15.5 Å². The highest BCUT2D eigenvalue weighted by Gasteiger charge is 2.34. The number of carbonyl (C=O) groups is 1. The number of aromatic nitrogens is 1. The van der Waals surface area contributed by atoms with Gasteiger partial charge in [-0.2, -0.15) is 0 Å². The van der Waals surface area contributed by atoms with Gasteiger partial charge in [0.15, 0.2) is 5.17 Å². The van der Waals surface area contributed by atoms with Crippen molar-refractivity contribution in [2.75, 3.05) is 6.54 Å². The molecular weight excluding hydrogens is 676 g/mol. The largest absolute Gasteiger partial charge is 0.488 e. The van der Waals surface area contributed by atoms with Gasteiger partial charge in [-0.05, 0) is 82.6 Å². The Balaban J connectivity index is 1.25. The van der Waals surface area contributed by atoms with Gasteiger partial charge < -0.3 is 9.72 Å². The van der Waals surface area contributed by atoms with Gasteiger partial charge in [-0.25, -0.2) is 4.99 Å². The third-order valence-electron chi connectivity index (χ3n) is 7.97. The Bertz CT molecular complexity index is 2190. The molecule has 5 aromatic carbocycles. The summed E-state index contributed by atoms with van der Waals surface area (Å²) >= 11 is 4.77. The predicted octanol–water partition coefficient (Wildman–Crippen LogP) is 9.42. The Hall–Kier alpha value is -5.19. The minimum atomic E-state index is -0.445. The van der Waals surface area contributed by atoms with Gasteiger partial charge in [-0.3, -0.25) is 19.8 Å². The number of amidine groups is 1. The number of amides is 1. The number of hydrogen-bond donors (Lipinski definition) is 1. The Labute approximate surface area is 283 Å². The number of nitro benzene ring substituents is 1. The SMILES string of the molecule is O=C1/C(=C/c2c(OCc3ccc(Br)cc3)ccc3ccccc23)SC(=Nc2ccc([N+](=O)[O-])cc2)N1CCc1c[nH]c2ccccc12. The smallest absolute Gasteiger partial charge is 0.269 e. The molecule has 10 heteroatoms. The highest BCUT2D eigenvalue weighted by Crippen LogP contribution is 2.38. The summed E-state index contributed by atoms with van der Waals surface area (Å²) in [6, 6.07) is 34.0. The molecule has 6 aromatic rings. The molecule has 0 aliphatic carbocycles. The molecule has 1 amide bonds. The monoisotopic (exact) mass is 702 g/mol. The zero-order valence-electron chi connectivity index (χ0n) is 24.9. The van der Waals surface area contributed by atoms with E-state index in [1.807, 2.05) is 91.1 Å². The van der Waals surface area contributed by atoms with Crippen LogP contribution in [0.5, 0.6) is 5.75 Å². The molecule has 1 aliphatic rings. The molecule has 0 saturated carbocycles. The quantitative estimate of drug-likeness (QED) is 0.0919. The number of aliphatic imine (C=N–C) groups is 1. The number of halogens is 1. The summed E-state index contributed by atoms with van der Waals surface area (Å²) < 4.78 is 7.35. The van der Waals surface area contributed by atoms with Gasteiger partial charge in [0, 0.05) is 45.8 Å². The van der Waals surface area contributed by atoms with Crippen molar-refractivity contribution in [1.82, 2.24) is 9.88 Å². The molecule has 8 nitrogen and oxygen atoms in total. The van der Waals surface area contributed by atoms with E-state index in [1.54, 1.807) is 17.0 Å². The van der Waals surface area contributed by atoms with Crippen molar-refractivity contribution < 1.29 is 14.5 Å². The normalized spacial score (nSPS) is 14.9. The van der Waals surface area contributed by atoms with Gasteiger partial charge in [-0.15, -0.1) is 0 Å². The third kappa shape index (κ3) is 6.56. The molecule has 232 valence electrons. The first-order valence-corrected chi connectivity index (χ1v) is 16.5. The van der Waals surface area contributed by atoms with Crippen LogP contribution in [-0.4, -0.2) is 32.4 Å². The van der Waals surface area contributed by atoms with Crippen molar-refractivity contribution in [1.29, 1.82) is 0 Å². The van der Waals surface area contributed by atoms with Crippen LogP contribution in [0, 0.1) is 10.1 Å². The van der Waals surface area contributed by atoms with Crippen LogP contribution < -0.4 is 4.74 Å². The lowest BCUT2D eigenvalue weighted by Crippen LogP contribution is -2.31. The first-order valence-electron chi connectivity index (χ1n) is 14.9. The maximum Gasteiger partial charge on any atom is 0.269 e. The van der Waals surface area contributed by atoms with Crippen LogP contribution in [0.1, 0.15) is 16.7 Å². The zero-order valence-corrected chi connectivity index (χ0v) is 27.3. The first kappa shape index (κ1) is 30.5. The van der Waals surface area contributed by atoms with Crippen molar-refractivity contribution in [3.63, 3.8) is 0 Å². The number of carbonyl (C=O) groups excluding carboxylic acids is 1. The van der Waals surface area contributed by atoms with Crippen molar-refractivity contribution in [2.24, 2.45) is 4.99 Å². The Morgan fingerprint density at radius 2 is 1.66 bits per heavy atom. The van der Waals surface area contributed by atoms with E-state index < -0.39 is 4.92 Å². The number of hydrogen-bond acceptors (Lipinski definition) is 6. The molecule has 0 unspecified atom stereocenters. The minimum Gasteiger partial charge on any atom is -0.488 e. The lowest BCUT2D eigenvalue weighted by atomic mass is 10.0. The summed E-state index contributed by atoms with van der Waals surface area (Å²) in [5, 5.41) is 14.8. The molecule has 2 heterocycles. The summed E-state index contributed by atoms with van der Waals surface area (Å²) in [4.78, 5) is 35.2. The van der Waals surface area contributed by atoms with Crippen LogP contribution in [0.25, 0.3) is 27.8 Å². The molecule has 47 heavy (non-hydrogen) atoms. The van der Waals surface area contributed by atoms with Gasteiger partial charge >= 0.3 is 0 Å². The first-order chi connectivity index (χ1) is 22.9. The maximum absolute atomic E-state index is 14.1. The van der Waals surface area contributed by atoms with Crippen LogP contribution in [0.4, 0.5) is 11.4 Å². The summed E-state index contributed by atoms with van der Waals surface area (Å²) in [6.07, 6.45) is 4.48. The van der Waals surface area contributed by atoms with Crippen molar-refractivity contribution in [3.8, 4) is 5.75 Å². The molecule has 1 N–H and O–H groups in total. The topological polar surface area (TPSA) is 101 Å². The van der Waals surface area contributed by atoms with Crippen LogP contribution >= 0.6 is 27.7 Å². The van der Waals surface area contributed by atoms with E-state index in [9.17, 15) is 14.9 Å². The zero-order chi connectivity index (χ0) is 32.3. The van der Waals surface area contributed by atoms with Crippen LogP contribution in [0.3, 0.4) is 0 Å². The van der Waals surface area contributed by atoms with Crippen LogP contribution in [0.2, 0.25) is 0 Å². The van der Waals surface area contributed by atoms with E-state index >= 15 is 0 Å². The van der Waals surface area contributed by atoms with E-state index in [2.05, 4.69) is 27.0 Å². The Morgan fingerprint density at radius 3 is 2.45 bits per heavy atom. The molecule has 1 aromatic heterocycles. The minimum absolute atomic E-state index is 0.0208. The number of non-ortho nitro benzene ring substituents is 1. The third-order valence-corrected chi connectivity index (χ3v) is 9.50. The molecule has 0 atom stereocenters. The number of thioether (sulfide) groups is 1. The summed E-state index contributed by atoms with van der Waals surface area (Å²) in [5.41, 5.74) is 4.47. The fourth-order valence-electron chi connectivity index (χ4n) is 5.54. The van der Waals surface area contributed by atoms with E-state index in [4.69, 9.17) is 9.73 Å². The molecule has 7 rings (SSSR count). The molecule has 1 saturated heterocycles. The van der Waals surface area contributed by atoms with Crippen molar-refractivity contribution in [2.45, 2.75) is 13.0 Å². The number of rotatable bonds is 9. The van der Waals surface area contributed by atoms with Crippen molar-refractivity contribution in [3.05, 3.63) is 152 Å². The standard InChI is InChI=1S/C37H27BrN4O4S/c38-27-12-9-24(10-13-27)23-46-34-18-11-25-5-1-2-6-30(25)32(34)21-35-36(43)41(20-19-26-22-39-33-8-4-3-7-31(26)33)37(47-35)40-28-14-16-29(17-15-28)42(44)45/h1-18,21-22,39H,19-20,23H2/b35-21-,40-37?. The van der Waals surface area contributed by atoms with Gasteiger partial charge in [0.25, 0.3) is 11.6 Å². The second kappa shape index (κ2) is 13.3. The van der Waals surface area contributed by atoms with Gasteiger partial charge in [0.2, 0.25) is 0 Å². The molecular formula is C37H27BrN4O4S. The highest BCUT2D eigenvalue weighted by atomic mass is 79.9. The Kier molecular flexibility index (Phi) is 8.60. The number of ether oxygens (including phenoxy) is 1. The second-order valence-electron chi connectivity index (χ2n) is 11.0. The lowest BCUT2D eigenvalue weighted by Gasteiger charge is -2.15. The van der Waals surface area contributed by atoms with E-state index in [1.165, 1.54) is 23.9 Å². The van der Waals surface area contributed by atoms with E-state index in [0.29, 0.717) is 41.1 Å². The maximum atomic E-state index is 14.1. The van der Waals surface area contributed by atoms with Crippen LogP contribution in [-0.2, 0) is 17.8 Å². The number of aromatic amines is 1. The fourth-order valence-corrected chi connectivity index (χ4v) is 6.81. The molecule has 0 bridgehead atoms. The highest BCUT2D eigenvalue weighted by molar-refractivity contribution is 9.10.